The van der Waals surface area contributed by atoms with E-state index in [1.165, 1.54) is 64.2 Å². The Labute approximate surface area is 140 Å². The number of nitrogens with zero attached hydrogens (tertiary/aromatic N) is 1. The Morgan fingerprint density at radius 1 is 1.22 bits per heavy atom. The topological polar surface area (TPSA) is 83.8 Å². The molecule has 4 N–H and O–H groups in total. The molecule has 0 spiro atoms. The number of nitrogens with one attached hydrogen (secondary N) is 2. The Balaban J connectivity index is 1.71. The highest BCUT2D eigenvalue weighted by Gasteiger charge is 2.18. The maximum absolute atomic E-state index is 12.1. The number of aromatic nitrogens is 2. The summed E-state index contributed by atoms with van der Waals surface area (Å²) in [6.45, 7) is 0. The molecule has 1 aliphatic carbocycles. The Morgan fingerprint density at radius 3 is 2.39 bits per heavy atom. The van der Waals surface area contributed by atoms with Gasteiger partial charge in [0.2, 0.25) is 13.3 Å². The SMILES string of the molecule is N[C@@H](Cc1cnc[nH]1)C(=O)N[B]C1CCCCCCCCCC1. The van der Waals surface area contributed by atoms with Gasteiger partial charge in [-0.2, -0.15) is 0 Å². The molecule has 1 saturated carbocycles. The molecule has 23 heavy (non-hydrogen) atoms. The van der Waals surface area contributed by atoms with Crippen LogP contribution in [0.5, 0.6) is 0 Å². The first-order valence-electron chi connectivity index (χ1n) is 9.12. The summed E-state index contributed by atoms with van der Waals surface area (Å²) in [5.74, 6) is 0.380. The Hall–Kier alpha value is -1.30. The summed E-state index contributed by atoms with van der Waals surface area (Å²) in [7, 11) is 1.99. The van der Waals surface area contributed by atoms with Crippen LogP contribution < -0.4 is 11.0 Å². The summed E-state index contributed by atoms with van der Waals surface area (Å²) in [5, 5.41) is 2.94. The highest BCUT2D eigenvalue weighted by molar-refractivity contribution is 6.39. The Kier molecular flexibility index (Phi) is 8.22. The van der Waals surface area contributed by atoms with Crippen LogP contribution in [-0.4, -0.2) is 29.3 Å². The number of H-pyrrole nitrogens is 1. The first kappa shape index (κ1) is 18.0. The second kappa shape index (κ2) is 10.5. The zero-order chi connectivity index (χ0) is 16.3. The molecule has 1 aromatic rings. The fraction of sp³-hybridized carbons (Fsp3) is 0.765. The molecule has 1 aliphatic rings. The molecular formula is C17H30BN4O. The number of hydrogen-bond donors (Lipinski definition) is 3. The van der Waals surface area contributed by atoms with Crippen molar-refractivity contribution in [3.63, 3.8) is 0 Å². The predicted octanol–water partition coefficient (Wildman–Crippen LogP) is 2.72. The van der Waals surface area contributed by atoms with Gasteiger partial charge < -0.3 is 15.9 Å². The minimum Gasteiger partial charge on any atom is -0.402 e. The summed E-state index contributed by atoms with van der Waals surface area (Å²) in [4.78, 5) is 19.1. The number of imidazole rings is 1. The molecule has 1 amide bonds. The molecule has 127 valence electrons. The lowest BCUT2D eigenvalue weighted by Crippen LogP contribution is -2.44. The molecule has 0 bridgehead atoms. The first-order valence-corrected chi connectivity index (χ1v) is 9.12. The van der Waals surface area contributed by atoms with E-state index in [0.29, 0.717) is 12.2 Å². The van der Waals surface area contributed by atoms with Crippen molar-refractivity contribution in [2.75, 3.05) is 0 Å². The number of amides is 1. The predicted molar refractivity (Wildman–Crippen MR) is 94.1 cm³/mol. The monoisotopic (exact) mass is 317 g/mol. The molecule has 5 nitrogen and oxygen atoms in total. The lowest BCUT2D eigenvalue weighted by Gasteiger charge is -2.17. The average Bonchev–Trinajstić information content (AvgIpc) is 3.03. The molecule has 0 aromatic carbocycles. The molecule has 1 fully saturated rings. The van der Waals surface area contributed by atoms with Gasteiger partial charge in [0.1, 0.15) is 0 Å². The first-order chi connectivity index (χ1) is 11.3. The summed E-state index contributed by atoms with van der Waals surface area (Å²) in [5.41, 5.74) is 6.86. The largest absolute Gasteiger partial charge is 0.402 e. The van der Waals surface area contributed by atoms with Crippen molar-refractivity contribution in [3.8, 4) is 0 Å². The average molecular weight is 317 g/mol. The van der Waals surface area contributed by atoms with E-state index in [2.05, 4.69) is 15.2 Å². The van der Waals surface area contributed by atoms with Gasteiger partial charge in [0.15, 0.2) is 0 Å². The van der Waals surface area contributed by atoms with E-state index >= 15 is 0 Å². The van der Waals surface area contributed by atoms with Crippen LogP contribution in [0.25, 0.3) is 0 Å². The van der Waals surface area contributed by atoms with Gasteiger partial charge in [0, 0.05) is 18.3 Å². The van der Waals surface area contributed by atoms with Crippen LogP contribution in [0.15, 0.2) is 12.5 Å². The fourth-order valence-electron chi connectivity index (χ4n) is 3.22. The van der Waals surface area contributed by atoms with E-state index in [9.17, 15) is 4.79 Å². The van der Waals surface area contributed by atoms with Crippen LogP contribution in [0.3, 0.4) is 0 Å². The summed E-state index contributed by atoms with van der Waals surface area (Å²) >= 11 is 0. The molecule has 0 saturated heterocycles. The van der Waals surface area contributed by atoms with Crippen molar-refractivity contribution in [2.45, 2.75) is 82.5 Å². The normalized spacial score (nSPS) is 19.5. The lowest BCUT2D eigenvalue weighted by atomic mass is 9.69. The standard InChI is InChI=1S/C17H30BN4O/c19-16(11-15-12-20-13-21-15)17(23)22-18-14-9-7-5-3-1-2-4-6-8-10-14/h12-14,16H,1-11,19H2,(H,20,21)(H,22,23)/t16-/m0/s1. The van der Waals surface area contributed by atoms with Gasteiger partial charge in [-0.15, -0.1) is 0 Å². The Bertz CT molecular complexity index is 426. The van der Waals surface area contributed by atoms with E-state index in [1.807, 2.05) is 7.41 Å². The van der Waals surface area contributed by atoms with Crippen molar-refractivity contribution in [1.29, 1.82) is 0 Å². The maximum Gasteiger partial charge on any atom is 0.249 e. The third-order valence-electron chi connectivity index (χ3n) is 4.69. The number of nitrogens with two attached hydrogens (primary N) is 1. The fourth-order valence-corrected chi connectivity index (χ4v) is 3.22. The molecule has 1 aromatic heterocycles. The maximum atomic E-state index is 12.1. The van der Waals surface area contributed by atoms with Crippen molar-refractivity contribution < 1.29 is 4.79 Å². The third kappa shape index (κ3) is 7.21. The highest BCUT2D eigenvalue weighted by atomic mass is 16.1. The molecule has 0 unspecified atom stereocenters. The number of aromatic amines is 1. The molecule has 1 heterocycles. The molecule has 0 aliphatic heterocycles. The lowest BCUT2D eigenvalue weighted by molar-refractivity contribution is -0.120. The van der Waals surface area contributed by atoms with E-state index in [4.69, 9.17) is 5.73 Å². The van der Waals surface area contributed by atoms with Crippen molar-refractivity contribution >= 4 is 13.3 Å². The smallest absolute Gasteiger partial charge is 0.249 e. The van der Waals surface area contributed by atoms with Gasteiger partial charge in [-0.1, -0.05) is 64.2 Å². The highest BCUT2D eigenvalue weighted by Crippen LogP contribution is 2.24. The zero-order valence-electron chi connectivity index (χ0n) is 14.1. The van der Waals surface area contributed by atoms with Crippen LogP contribution in [0.1, 0.15) is 69.9 Å². The van der Waals surface area contributed by atoms with Crippen LogP contribution in [0.2, 0.25) is 5.82 Å². The van der Waals surface area contributed by atoms with Gasteiger partial charge in [-0.25, -0.2) is 4.98 Å². The van der Waals surface area contributed by atoms with Crippen molar-refractivity contribution in [1.82, 2.24) is 15.2 Å². The number of hydrogen-bond acceptors (Lipinski definition) is 3. The van der Waals surface area contributed by atoms with E-state index < -0.39 is 6.04 Å². The van der Waals surface area contributed by atoms with Crippen LogP contribution in [0, 0.1) is 0 Å². The van der Waals surface area contributed by atoms with Crippen LogP contribution >= 0.6 is 0 Å². The number of carbonyl (C=O) groups is 1. The molecular weight excluding hydrogens is 287 g/mol. The second-order valence-corrected chi connectivity index (χ2v) is 6.73. The van der Waals surface area contributed by atoms with Gasteiger partial charge in [-0.3, -0.25) is 4.79 Å². The molecule has 1 radical (unpaired) electrons. The van der Waals surface area contributed by atoms with Gasteiger partial charge in [0.25, 0.3) is 0 Å². The quantitative estimate of drug-likeness (QED) is 0.730. The molecule has 6 heteroatoms. The van der Waals surface area contributed by atoms with Crippen molar-refractivity contribution in [2.24, 2.45) is 5.73 Å². The molecule has 1 atom stereocenters. The molecule has 2 rings (SSSR count). The summed E-state index contributed by atoms with van der Waals surface area (Å²) in [6.07, 6.45) is 16.8. The Morgan fingerprint density at radius 2 is 1.83 bits per heavy atom. The van der Waals surface area contributed by atoms with Gasteiger partial charge in [0.05, 0.1) is 12.4 Å². The number of rotatable bonds is 5. The van der Waals surface area contributed by atoms with Gasteiger partial charge >= 0.3 is 0 Å². The van der Waals surface area contributed by atoms with Gasteiger partial charge in [-0.05, 0) is 5.82 Å². The summed E-state index contributed by atoms with van der Waals surface area (Å²) < 4.78 is 0. The van der Waals surface area contributed by atoms with Crippen molar-refractivity contribution in [3.05, 3.63) is 18.2 Å². The zero-order valence-corrected chi connectivity index (χ0v) is 14.1. The minimum absolute atomic E-state index is 0.103. The summed E-state index contributed by atoms with van der Waals surface area (Å²) in [6, 6.07) is -0.533. The second-order valence-electron chi connectivity index (χ2n) is 6.73. The van der Waals surface area contributed by atoms with E-state index in [0.717, 1.165) is 5.69 Å². The van der Waals surface area contributed by atoms with Crippen LogP contribution in [-0.2, 0) is 11.2 Å². The number of carbonyl (C=O) groups excluding carboxylic acids is 1. The van der Waals surface area contributed by atoms with E-state index in [-0.39, 0.29) is 5.91 Å². The third-order valence-corrected chi connectivity index (χ3v) is 4.69. The van der Waals surface area contributed by atoms with Crippen LogP contribution in [0.4, 0.5) is 0 Å². The van der Waals surface area contributed by atoms with E-state index in [1.54, 1.807) is 12.5 Å². The minimum atomic E-state index is -0.533.